The lowest BCUT2D eigenvalue weighted by molar-refractivity contribution is 0.592. The third kappa shape index (κ3) is 3.09. The molecule has 1 rings (SSSR count). The molecule has 1 radical (unpaired) electrons. The summed E-state index contributed by atoms with van der Waals surface area (Å²) in [6.07, 6.45) is 0.787. The maximum absolute atomic E-state index is 5.28. The lowest BCUT2D eigenvalue weighted by atomic mass is 9.96. The van der Waals surface area contributed by atoms with Gasteiger partial charge in [-0.25, -0.2) is 0 Å². The maximum atomic E-state index is 5.28. The van der Waals surface area contributed by atoms with Crippen molar-refractivity contribution in [2.75, 3.05) is 6.54 Å². The van der Waals surface area contributed by atoms with E-state index in [0.29, 0.717) is 6.54 Å². The summed E-state index contributed by atoms with van der Waals surface area (Å²) in [5, 5.41) is 0. The van der Waals surface area contributed by atoms with Gasteiger partial charge in [-0.2, -0.15) is 0 Å². The molecule has 11 heavy (non-hydrogen) atoms. The maximum Gasteiger partial charge on any atom is 0.371 e. The Hall–Kier alpha value is -0.955. The number of benzene rings is 1. The predicted octanol–water partition coefficient (Wildman–Crippen LogP) is 1.06. The van der Waals surface area contributed by atoms with Crippen LogP contribution in [-0.2, 0) is 0 Å². The first-order valence-electron chi connectivity index (χ1n) is 3.67. The van der Waals surface area contributed by atoms with E-state index in [-0.39, 0.29) is 0 Å². The molecule has 1 aromatic carbocycles. The topological polar surface area (TPSA) is 35.2 Å². The molecule has 0 aliphatic heterocycles. The van der Waals surface area contributed by atoms with Crippen LogP contribution in [0, 0.1) is 0 Å². The van der Waals surface area contributed by atoms with E-state index in [4.69, 9.17) is 10.4 Å². The fraction of sp³-hybridized carbons (Fsp3) is 0.250. The highest BCUT2D eigenvalue weighted by molar-refractivity contribution is 6.28. The van der Waals surface area contributed by atoms with Gasteiger partial charge >= 0.3 is 7.48 Å². The number of rotatable bonds is 4. The third-order valence-electron chi connectivity index (χ3n) is 1.25. The average Bonchev–Trinajstić information content (AvgIpc) is 2.07. The summed E-state index contributed by atoms with van der Waals surface area (Å²) in [4.78, 5) is 0. The first-order valence-corrected chi connectivity index (χ1v) is 3.67. The SMILES string of the molecule is NCC[B]Oc1ccccc1. The minimum atomic E-state index is 0.632. The summed E-state index contributed by atoms with van der Waals surface area (Å²) in [6, 6.07) is 9.65. The van der Waals surface area contributed by atoms with Gasteiger partial charge in [0.05, 0.1) is 5.75 Å². The molecule has 57 valence electrons. The highest BCUT2D eigenvalue weighted by Crippen LogP contribution is 2.07. The van der Waals surface area contributed by atoms with Gasteiger partial charge in [-0.1, -0.05) is 18.2 Å². The molecule has 2 N–H and O–H groups in total. The number of para-hydroxylation sites is 1. The van der Waals surface area contributed by atoms with Crippen LogP contribution in [-0.4, -0.2) is 14.0 Å². The quantitative estimate of drug-likeness (QED) is 0.511. The van der Waals surface area contributed by atoms with Gasteiger partial charge in [0.2, 0.25) is 0 Å². The second kappa shape index (κ2) is 4.80. The molecule has 0 aliphatic carbocycles. The van der Waals surface area contributed by atoms with Crippen LogP contribution in [0.25, 0.3) is 0 Å². The Balaban J connectivity index is 2.28. The van der Waals surface area contributed by atoms with Crippen LogP contribution >= 0.6 is 0 Å². The Morgan fingerprint density at radius 1 is 1.27 bits per heavy atom. The van der Waals surface area contributed by atoms with Crippen LogP contribution < -0.4 is 10.4 Å². The zero-order valence-corrected chi connectivity index (χ0v) is 6.36. The largest absolute Gasteiger partial charge is 0.563 e. The Bertz CT molecular complexity index is 191. The molecule has 0 saturated carbocycles. The Labute approximate surface area is 67.6 Å². The molecular weight excluding hydrogens is 137 g/mol. The lowest BCUT2D eigenvalue weighted by Crippen LogP contribution is -2.08. The number of hydrogen-bond donors (Lipinski definition) is 1. The molecule has 0 amide bonds. The lowest BCUT2D eigenvalue weighted by Gasteiger charge is -2.01. The van der Waals surface area contributed by atoms with Crippen molar-refractivity contribution in [3.63, 3.8) is 0 Å². The predicted molar refractivity (Wildman–Crippen MR) is 46.7 cm³/mol. The molecule has 3 heteroatoms. The van der Waals surface area contributed by atoms with Gasteiger partial charge in [-0.3, -0.25) is 0 Å². The monoisotopic (exact) mass is 148 g/mol. The molecule has 0 fully saturated rings. The standard InChI is InChI=1S/C8H11BNO/c10-7-6-9-11-8-4-2-1-3-5-8/h1-5H,6-7,10H2. The number of nitrogens with two attached hydrogens (primary N) is 1. The molecule has 0 heterocycles. The highest BCUT2D eigenvalue weighted by atomic mass is 16.4. The van der Waals surface area contributed by atoms with Gasteiger partial charge in [0, 0.05) is 0 Å². The molecule has 0 aliphatic rings. The summed E-state index contributed by atoms with van der Waals surface area (Å²) < 4.78 is 5.24. The van der Waals surface area contributed by atoms with E-state index in [1.165, 1.54) is 0 Å². The van der Waals surface area contributed by atoms with Crippen LogP contribution in [0.4, 0.5) is 0 Å². The van der Waals surface area contributed by atoms with Crippen LogP contribution in [0.15, 0.2) is 30.3 Å². The second-order valence-corrected chi connectivity index (χ2v) is 2.17. The van der Waals surface area contributed by atoms with Gasteiger partial charge in [-0.15, -0.1) is 0 Å². The first kappa shape index (κ1) is 8.14. The molecule has 1 aromatic rings. The minimum Gasteiger partial charge on any atom is -0.563 e. The Morgan fingerprint density at radius 2 is 2.00 bits per heavy atom. The summed E-state index contributed by atoms with van der Waals surface area (Å²) >= 11 is 0. The molecule has 0 unspecified atom stereocenters. The van der Waals surface area contributed by atoms with E-state index in [1.54, 1.807) is 7.48 Å². The van der Waals surface area contributed by atoms with Gasteiger partial charge in [0.1, 0.15) is 0 Å². The summed E-state index contributed by atoms with van der Waals surface area (Å²) in [7, 11) is 1.72. The van der Waals surface area contributed by atoms with Crippen LogP contribution in [0.1, 0.15) is 0 Å². The molecule has 2 nitrogen and oxygen atoms in total. The fourth-order valence-corrected chi connectivity index (χ4v) is 0.722. The van der Waals surface area contributed by atoms with E-state index in [0.717, 1.165) is 12.1 Å². The fourth-order valence-electron chi connectivity index (χ4n) is 0.722. The van der Waals surface area contributed by atoms with Gasteiger partial charge in [-0.05, 0) is 25.0 Å². The van der Waals surface area contributed by atoms with Crippen LogP contribution in [0.5, 0.6) is 5.75 Å². The minimum absolute atomic E-state index is 0.632. The molecule has 0 atom stereocenters. The van der Waals surface area contributed by atoms with Crippen LogP contribution in [0.3, 0.4) is 0 Å². The number of hydrogen-bond acceptors (Lipinski definition) is 2. The Morgan fingerprint density at radius 3 is 2.64 bits per heavy atom. The molecular formula is C8H11BNO. The van der Waals surface area contributed by atoms with Crippen molar-refractivity contribution in [3.05, 3.63) is 30.3 Å². The van der Waals surface area contributed by atoms with Crippen molar-refractivity contribution in [1.29, 1.82) is 0 Å². The zero-order chi connectivity index (χ0) is 7.94. The van der Waals surface area contributed by atoms with Gasteiger partial charge in [0.25, 0.3) is 0 Å². The normalized spacial score (nSPS) is 9.18. The third-order valence-corrected chi connectivity index (χ3v) is 1.25. The first-order chi connectivity index (χ1) is 5.43. The van der Waals surface area contributed by atoms with Crippen molar-refractivity contribution in [2.24, 2.45) is 5.73 Å². The Kier molecular flexibility index (Phi) is 3.55. The van der Waals surface area contributed by atoms with E-state index in [2.05, 4.69) is 0 Å². The average molecular weight is 148 g/mol. The van der Waals surface area contributed by atoms with Crippen molar-refractivity contribution >= 4 is 7.48 Å². The van der Waals surface area contributed by atoms with E-state index in [9.17, 15) is 0 Å². The summed E-state index contributed by atoms with van der Waals surface area (Å²) in [5.41, 5.74) is 5.28. The van der Waals surface area contributed by atoms with E-state index >= 15 is 0 Å². The van der Waals surface area contributed by atoms with Crippen molar-refractivity contribution in [1.82, 2.24) is 0 Å². The van der Waals surface area contributed by atoms with E-state index < -0.39 is 0 Å². The molecule has 0 spiro atoms. The zero-order valence-electron chi connectivity index (χ0n) is 6.36. The van der Waals surface area contributed by atoms with Crippen molar-refractivity contribution in [3.8, 4) is 5.75 Å². The van der Waals surface area contributed by atoms with Crippen molar-refractivity contribution < 1.29 is 4.65 Å². The smallest absolute Gasteiger partial charge is 0.371 e. The molecule has 0 saturated heterocycles. The van der Waals surface area contributed by atoms with Gasteiger partial charge in [0.15, 0.2) is 0 Å². The van der Waals surface area contributed by atoms with Gasteiger partial charge < -0.3 is 10.4 Å². The molecule has 0 bridgehead atoms. The summed E-state index contributed by atoms with van der Waals surface area (Å²) in [6.45, 7) is 0.632. The van der Waals surface area contributed by atoms with E-state index in [1.807, 2.05) is 30.3 Å². The molecule has 0 aromatic heterocycles. The van der Waals surface area contributed by atoms with Crippen molar-refractivity contribution in [2.45, 2.75) is 6.32 Å². The summed E-state index contributed by atoms with van der Waals surface area (Å²) in [5.74, 6) is 0.862. The second-order valence-electron chi connectivity index (χ2n) is 2.17. The van der Waals surface area contributed by atoms with Crippen LogP contribution in [0.2, 0.25) is 6.32 Å². The highest BCUT2D eigenvalue weighted by Gasteiger charge is 1.92.